The maximum atomic E-state index is 5.61. The van der Waals surface area contributed by atoms with Crippen LogP contribution in [0.25, 0.3) is 0 Å². The number of hydrogen-bond acceptors (Lipinski definition) is 2. The number of allylic oxidation sites excluding steroid dienone is 1. The summed E-state index contributed by atoms with van der Waals surface area (Å²) in [6.07, 6.45) is 3.92. The van der Waals surface area contributed by atoms with Crippen molar-refractivity contribution in [3.05, 3.63) is 12.3 Å². The first-order chi connectivity index (χ1) is 6.70. The molecule has 0 aromatic heterocycles. The Morgan fingerprint density at radius 3 is 2.36 bits per heavy atom. The lowest BCUT2D eigenvalue weighted by atomic mass is 9.92. The number of rotatable bonds is 2. The minimum atomic E-state index is 0.566. The number of hydrogen-bond donors (Lipinski definition) is 0. The lowest BCUT2D eigenvalue weighted by Gasteiger charge is -2.49. The average molecular weight is 195 g/mol. The van der Waals surface area contributed by atoms with Gasteiger partial charge in [-0.2, -0.15) is 0 Å². The summed E-state index contributed by atoms with van der Waals surface area (Å²) in [6, 6.07) is 1.22. The zero-order chi connectivity index (χ0) is 10.1. The molecular weight excluding hydrogens is 174 g/mol. The molecule has 0 aromatic carbocycles. The van der Waals surface area contributed by atoms with E-state index in [1.54, 1.807) is 0 Å². The summed E-state index contributed by atoms with van der Waals surface area (Å²) >= 11 is 0. The van der Waals surface area contributed by atoms with Crippen LogP contribution in [-0.2, 0) is 4.74 Å². The third-order valence-electron chi connectivity index (χ3n) is 3.48. The molecule has 14 heavy (non-hydrogen) atoms. The molecule has 0 N–H and O–H groups in total. The second kappa shape index (κ2) is 3.93. The molecule has 2 aliphatic rings. The van der Waals surface area contributed by atoms with E-state index in [4.69, 9.17) is 4.74 Å². The van der Waals surface area contributed by atoms with Crippen molar-refractivity contribution in [3.63, 3.8) is 0 Å². The van der Waals surface area contributed by atoms with Gasteiger partial charge in [-0.15, -0.1) is 0 Å². The Balaban J connectivity index is 2.12. The highest BCUT2D eigenvalue weighted by Gasteiger charge is 2.35. The second-order valence-electron chi connectivity index (χ2n) is 4.83. The van der Waals surface area contributed by atoms with Gasteiger partial charge in [-0.3, -0.25) is 0 Å². The highest BCUT2D eigenvalue weighted by Crippen LogP contribution is 2.32. The smallest absolute Gasteiger partial charge is 0.0671 e. The van der Waals surface area contributed by atoms with Gasteiger partial charge in [-0.1, -0.05) is 20.4 Å². The average Bonchev–Trinajstić information content (AvgIpc) is 2.15. The van der Waals surface area contributed by atoms with Gasteiger partial charge in [-0.05, 0) is 25.2 Å². The third kappa shape index (κ3) is 1.68. The van der Waals surface area contributed by atoms with Crippen molar-refractivity contribution in [2.24, 2.45) is 5.92 Å². The van der Waals surface area contributed by atoms with E-state index in [9.17, 15) is 0 Å². The second-order valence-corrected chi connectivity index (χ2v) is 4.83. The van der Waals surface area contributed by atoms with Crippen molar-refractivity contribution in [3.8, 4) is 0 Å². The molecule has 0 aliphatic carbocycles. The number of nitrogens with zero attached hydrogens (tertiary/aromatic N) is 1. The summed E-state index contributed by atoms with van der Waals surface area (Å²) in [6.45, 7) is 10.5. The van der Waals surface area contributed by atoms with E-state index in [0.717, 1.165) is 13.2 Å². The van der Waals surface area contributed by atoms with E-state index in [1.807, 2.05) is 0 Å². The molecule has 0 radical (unpaired) electrons. The van der Waals surface area contributed by atoms with Crippen LogP contribution in [0.1, 0.15) is 33.1 Å². The first-order valence-electron chi connectivity index (χ1n) is 5.75. The van der Waals surface area contributed by atoms with Crippen LogP contribution in [0.15, 0.2) is 12.3 Å². The number of piperidine rings is 1. The third-order valence-corrected chi connectivity index (χ3v) is 3.48. The highest BCUT2D eigenvalue weighted by atomic mass is 16.5. The molecule has 2 aliphatic heterocycles. The van der Waals surface area contributed by atoms with Crippen molar-refractivity contribution in [1.29, 1.82) is 0 Å². The Labute approximate surface area is 86.9 Å². The molecule has 0 amide bonds. The zero-order valence-electron chi connectivity index (χ0n) is 9.33. The van der Waals surface area contributed by atoms with Crippen molar-refractivity contribution >= 4 is 0 Å². The number of morpholine rings is 1. The van der Waals surface area contributed by atoms with Crippen molar-refractivity contribution in [2.75, 3.05) is 13.2 Å². The fourth-order valence-corrected chi connectivity index (χ4v) is 2.60. The van der Waals surface area contributed by atoms with E-state index < -0.39 is 0 Å². The van der Waals surface area contributed by atoms with E-state index in [2.05, 4.69) is 25.3 Å². The largest absolute Gasteiger partial charge is 0.377 e. The molecule has 2 nitrogen and oxygen atoms in total. The Morgan fingerprint density at radius 1 is 1.29 bits per heavy atom. The van der Waals surface area contributed by atoms with Gasteiger partial charge in [0, 0.05) is 5.70 Å². The van der Waals surface area contributed by atoms with Crippen LogP contribution in [0, 0.1) is 5.92 Å². The van der Waals surface area contributed by atoms with E-state index >= 15 is 0 Å². The predicted octanol–water partition coefficient (Wildman–Crippen LogP) is 2.41. The molecule has 2 unspecified atom stereocenters. The van der Waals surface area contributed by atoms with Crippen LogP contribution in [-0.4, -0.2) is 30.2 Å². The molecule has 0 spiro atoms. The SMILES string of the molecule is C=C(C(C)C)N1C2CCCC1COC2. The Hall–Kier alpha value is -0.500. The summed E-state index contributed by atoms with van der Waals surface area (Å²) < 4.78 is 5.61. The molecule has 2 bridgehead atoms. The lowest BCUT2D eigenvalue weighted by Crippen LogP contribution is -2.54. The normalized spacial score (nSPS) is 32.1. The first kappa shape index (κ1) is 10.0. The van der Waals surface area contributed by atoms with Crippen molar-refractivity contribution < 1.29 is 4.74 Å². The molecule has 2 fully saturated rings. The Morgan fingerprint density at radius 2 is 1.86 bits per heavy atom. The minimum absolute atomic E-state index is 0.566. The van der Waals surface area contributed by atoms with Crippen LogP contribution >= 0.6 is 0 Å². The highest BCUT2D eigenvalue weighted by molar-refractivity contribution is 5.05. The maximum absolute atomic E-state index is 5.61. The molecule has 80 valence electrons. The van der Waals surface area contributed by atoms with Gasteiger partial charge in [0.1, 0.15) is 0 Å². The predicted molar refractivity (Wildman–Crippen MR) is 58.1 cm³/mol. The monoisotopic (exact) mass is 195 g/mol. The van der Waals surface area contributed by atoms with Gasteiger partial charge in [-0.25, -0.2) is 0 Å². The molecule has 2 atom stereocenters. The van der Waals surface area contributed by atoms with Crippen molar-refractivity contribution in [1.82, 2.24) is 4.90 Å². The molecule has 2 heterocycles. The van der Waals surface area contributed by atoms with Gasteiger partial charge in [0.05, 0.1) is 25.3 Å². The number of fused-ring (bicyclic) bond motifs is 2. The molecule has 0 saturated carbocycles. The van der Waals surface area contributed by atoms with Gasteiger partial charge < -0.3 is 9.64 Å². The Kier molecular flexibility index (Phi) is 2.82. The fourth-order valence-electron chi connectivity index (χ4n) is 2.60. The summed E-state index contributed by atoms with van der Waals surface area (Å²) in [5, 5.41) is 0. The molecular formula is C12H21NO. The van der Waals surface area contributed by atoms with Gasteiger partial charge in [0.15, 0.2) is 0 Å². The molecule has 2 saturated heterocycles. The lowest BCUT2D eigenvalue weighted by molar-refractivity contribution is -0.0588. The summed E-state index contributed by atoms with van der Waals surface area (Å²) in [7, 11) is 0. The van der Waals surface area contributed by atoms with Gasteiger partial charge in [0.2, 0.25) is 0 Å². The van der Waals surface area contributed by atoms with Gasteiger partial charge >= 0.3 is 0 Å². The summed E-state index contributed by atoms with van der Waals surface area (Å²) in [5.41, 5.74) is 1.31. The fraction of sp³-hybridized carbons (Fsp3) is 0.833. The van der Waals surface area contributed by atoms with Crippen LogP contribution < -0.4 is 0 Å². The zero-order valence-corrected chi connectivity index (χ0v) is 9.33. The minimum Gasteiger partial charge on any atom is -0.377 e. The van der Waals surface area contributed by atoms with E-state index in [0.29, 0.717) is 18.0 Å². The number of ether oxygens (including phenoxy) is 1. The summed E-state index contributed by atoms with van der Waals surface area (Å²) in [5.74, 6) is 0.566. The molecule has 2 heteroatoms. The Bertz CT molecular complexity index is 202. The maximum Gasteiger partial charge on any atom is 0.0671 e. The van der Waals surface area contributed by atoms with E-state index in [1.165, 1.54) is 25.0 Å². The van der Waals surface area contributed by atoms with E-state index in [-0.39, 0.29) is 0 Å². The van der Waals surface area contributed by atoms with Crippen LogP contribution in [0.5, 0.6) is 0 Å². The quantitative estimate of drug-likeness (QED) is 0.671. The molecule has 2 rings (SSSR count). The standard InChI is InChI=1S/C12H21NO/c1-9(2)10(3)13-11-5-4-6-12(13)8-14-7-11/h9,11-12H,3-8H2,1-2H3. The topological polar surface area (TPSA) is 12.5 Å². The molecule has 0 aromatic rings. The van der Waals surface area contributed by atoms with Crippen LogP contribution in [0.3, 0.4) is 0 Å². The van der Waals surface area contributed by atoms with Crippen LogP contribution in [0.2, 0.25) is 0 Å². The van der Waals surface area contributed by atoms with Crippen LogP contribution in [0.4, 0.5) is 0 Å². The van der Waals surface area contributed by atoms with Crippen molar-refractivity contribution in [2.45, 2.75) is 45.2 Å². The van der Waals surface area contributed by atoms with Gasteiger partial charge in [0.25, 0.3) is 0 Å². The first-order valence-corrected chi connectivity index (χ1v) is 5.75. The summed E-state index contributed by atoms with van der Waals surface area (Å²) in [4.78, 5) is 2.54.